The fourth-order valence-corrected chi connectivity index (χ4v) is 4.21. The third-order valence-electron chi connectivity index (χ3n) is 5.53. The van der Waals surface area contributed by atoms with Crippen molar-refractivity contribution >= 4 is 40.7 Å². The molecule has 0 aromatic heterocycles. The van der Waals surface area contributed by atoms with Gasteiger partial charge in [-0.25, -0.2) is 0 Å². The summed E-state index contributed by atoms with van der Waals surface area (Å²) < 4.78 is 0. The summed E-state index contributed by atoms with van der Waals surface area (Å²) in [4.78, 5) is 49.8. The van der Waals surface area contributed by atoms with Gasteiger partial charge in [0.2, 0.25) is 0 Å². The van der Waals surface area contributed by atoms with E-state index in [1.807, 2.05) is 0 Å². The number of halogens is 1. The first-order chi connectivity index (χ1) is 14.4. The molecule has 1 aliphatic carbocycles. The monoisotopic (exact) mass is 427 g/mol. The number of imide groups is 1. The average Bonchev–Trinajstić information content (AvgIpc) is 2.99. The molecule has 2 aromatic carbocycles. The van der Waals surface area contributed by atoms with Gasteiger partial charge in [-0.05, 0) is 37.1 Å². The maximum Gasteiger partial charge on any atom is 0.271 e. The highest BCUT2D eigenvalue weighted by Gasteiger charge is 2.40. The van der Waals surface area contributed by atoms with Gasteiger partial charge in [0.1, 0.15) is 0 Å². The van der Waals surface area contributed by atoms with Crippen LogP contribution in [0.3, 0.4) is 0 Å². The van der Waals surface area contributed by atoms with Crippen molar-refractivity contribution in [2.24, 2.45) is 0 Å². The molecular weight excluding hydrogens is 410 g/mol. The minimum Gasteiger partial charge on any atom is -0.321 e. The highest BCUT2D eigenvalue weighted by atomic mass is 35.5. The summed E-state index contributed by atoms with van der Waals surface area (Å²) in [6.07, 6.45) is 4.69. The van der Waals surface area contributed by atoms with E-state index in [9.17, 15) is 24.5 Å². The lowest BCUT2D eigenvalue weighted by molar-refractivity contribution is -0.384. The number of carbonyl (C=O) groups excluding carboxylic acids is 3. The van der Waals surface area contributed by atoms with Gasteiger partial charge in [0.15, 0.2) is 0 Å². The molecule has 1 saturated carbocycles. The van der Waals surface area contributed by atoms with Crippen LogP contribution in [0.15, 0.2) is 36.4 Å². The first-order valence-corrected chi connectivity index (χ1v) is 10.0. The topological polar surface area (TPSA) is 110 Å². The Morgan fingerprint density at radius 2 is 1.73 bits per heavy atom. The molecule has 0 saturated heterocycles. The minimum absolute atomic E-state index is 0.0217. The molecule has 9 heteroatoms. The number of benzene rings is 2. The van der Waals surface area contributed by atoms with E-state index in [-0.39, 0.29) is 45.4 Å². The van der Waals surface area contributed by atoms with E-state index in [0.29, 0.717) is 5.56 Å². The molecule has 8 nitrogen and oxygen atoms in total. The first-order valence-electron chi connectivity index (χ1n) is 9.64. The zero-order chi connectivity index (χ0) is 21.4. The Hall–Kier alpha value is -3.26. The fourth-order valence-electron chi connectivity index (χ4n) is 3.99. The van der Waals surface area contributed by atoms with E-state index < -0.39 is 10.8 Å². The van der Waals surface area contributed by atoms with E-state index in [1.54, 1.807) is 0 Å². The molecule has 0 spiro atoms. The van der Waals surface area contributed by atoms with E-state index in [4.69, 9.17) is 11.6 Å². The summed E-state index contributed by atoms with van der Waals surface area (Å²) in [7, 11) is 0. The molecule has 1 N–H and O–H groups in total. The lowest BCUT2D eigenvalue weighted by atomic mass is 9.94. The van der Waals surface area contributed by atoms with Crippen LogP contribution in [0.5, 0.6) is 0 Å². The number of nitrogens with zero attached hydrogens (tertiary/aromatic N) is 2. The van der Waals surface area contributed by atoms with Crippen LogP contribution < -0.4 is 5.32 Å². The van der Waals surface area contributed by atoms with E-state index in [1.165, 1.54) is 35.2 Å². The number of nitro groups is 1. The highest BCUT2D eigenvalue weighted by molar-refractivity contribution is 6.34. The number of nitro benzene ring substituents is 1. The Kier molecular flexibility index (Phi) is 5.26. The van der Waals surface area contributed by atoms with Crippen molar-refractivity contribution in [3.8, 4) is 0 Å². The van der Waals surface area contributed by atoms with Crippen LogP contribution in [-0.2, 0) is 0 Å². The Labute approximate surface area is 177 Å². The number of carbonyl (C=O) groups is 3. The second kappa shape index (κ2) is 7.87. The van der Waals surface area contributed by atoms with E-state index in [2.05, 4.69) is 5.32 Å². The molecule has 0 radical (unpaired) electrons. The predicted octanol–water partition coefficient (Wildman–Crippen LogP) is 4.43. The molecule has 154 valence electrons. The van der Waals surface area contributed by atoms with Gasteiger partial charge in [0.25, 0.3) is 23.4 Å². The van der Waals surface area contributed by atoms with Crippen LogP contribution in [0, 0.1) is 10.1 Å². The SMILES string of the molecule is O=C(Nc1ccc([N+](=O)[O-])cc1Cl)c1ccc2c(c1)C(=O)N(C1CCCCC1)C2=O. The number of hydrogen-bond donors (Lipinski definition) is 1. The number of anilines is 1. The lowest BCUT2D eigenvalue weighted by Crippen LogP contribution is -2.40. The second-order valence-electron chi connectivity index (χ2n) is 7.41. The van der Waals surface area contributed by atoms with Crippen LogP contribution in [0.4, 0.5) is 11.4 Å². The third kappa shape index (κ3) is 3.54. The van der Waals surface area contributed by atoms with Gasteiger partial charge in [0.05, 0.1) is 26.8 Å². The van der Waals surface area contributed by atoms with Crippen molar-refractivity contribution in [2.75, 3.05) is 5.32 Å². The lowest BCUT2D eigenvalue weighted by Gasteiger charge is -2.29. The minimum atomic E-state index is -0.585. The van der Waals surface area contributed by atoms with Crippen molar-refractivity contribution in [1.82, 2.24) is 4.90 Å². The number of non-ortho nitro benzene ring substituents is 1. The van der Waals surface area contributed by atoms with Gasteiger partial charge in [-0.15, -0.1) is 0 Å². The predicted molar refractivity (Wildman–Crippen MR) is 110 cm³/mol. The van der Waals surface area contributed by atoms with Gasteiger partial charge in [-0.1, -0.05) is 30.9 Å². The largest absolute Gasteiger partial charge is 0.321 e. The number of amides is 3. The van der Waals surface area contributed by atoms with Gasteiger partial charge in [-0.3, -0.25) is 29.4 Å². The number of fused-ring (bicyclic) bond motifs is 1. The zero-order valence-corrected chi connectivity index (χ0v) is 16.6. The molecule has 0 atom stereocenters. The maximum absolute atomic E-state index is 12.9. The van der Waals surface area contributed by atoms with E-state index >= 15 is 0 Å². The first kappa shape index (κ1) is 20.0. The molecule has 1 aliphatic heterocycles. The summed E-state index contributed by atoms with van der Waals surface area (Å²) in [5, 5.41) is 13.4. The Bertz CT molecular complexity index is 1080. The third-order valence-corrected chi connectivity index (χ3v) is 5.84. The normalized spacial score (nSPS) is 16.5. The Morgan fingerprint density at radius 1 is 1.03 bits per heavy atom. The molecule has 30 heavy (non-hydrogen) atoms. The van der Waals surface area contributed by atoms with Gasteiger partial charge < -0.3 is 5.32 Å². The smallest absolute Gasteiger partial charge is 0.271 e. The van der Waals surface area contributed by atoms with Crippen molar-refractivity contribution in [1.29, 1.82) is 0 Å². The summed E-state index contributed by atoms with van der Waals surface area (Å²) in [5.74, 6) is -1.22. The molecule has 0 unspecified atom stereocenters. The highest BCUT2D eigenvalue weighted by Crippen LogP contribution is 2.32. The second-order valence-corrected chi connectivity index (χ2v) is 7.82. The number of nitrogens with one attached hydrogen (secondary N) is 1. The molecule has 4 rings (SSSR count). The Morgan fingerprint density at radius 3 is 2.40 bits per heavy atom. The average molecular weight is 428 g/mol. The van der Waals surface area contributed by atoms with Crippen molar-refractivity contribution in [2.45, 2.75) is 38.1 Å². The molecule has 1 heterocycles. The summed E-state index contributed by atoms with van der Waals surface area (Å²) in [6, 6.07) is 7.99. The standard InChI is InChI=1S/C21H18ClN3O5/c22-17-11-14(25(29)30)7-9-18(17)23-19(26)12-6-8-15-16(10-12)21(28)24(20(15)27)13-4-2-1-3-5-13/h6-11,13H,1-5H2,(H,23,26). The zero-order valence-electron chi connectivity index (χ0n) is 15.9. The molecule has 3 amide bonds. The van der Waals surface area contributed by atoms with Crippen LogP contribution >= 0.6 is 11.6 Å². The number of hydrogen-bond acceptors (Lipinski definition) is 5. The quantitative estimate of drug-likeness (QED) is 0.441. The van der Waals surface area contributed by atoms with Gasteiger partial charge in [0, 0.05) is 23.7 Å². The maximum atomic E-state index is 12.9. The van der Waals surface area contributed by atoms with Crippen molar-refractivity contribution in [3.05, 3.63) is 68.2 Å². The van der Waals surface area contributed by atoms with Crippen molar-refractivity contribution < 1.29 is 19.3 Å². The fraction of sp³-hybridized carbons (Fsp3) is 0.286. The molecule has 2 aromatic rings. The molecular formula is C21H18ClN3O5. The van der Waals surface area contributed by atoms with Crippen LogP contribution in [0.25, 0.3) is 0 Å². The van der Waals surface area contributed by atoms with Crippen LogP contribution in [-0.4, -0.2) is 33.6 Å². The number of rotatable bonds is 4. The van der Waals surface area contributed by atoms with Crippen molar-refractivity contribution in [3.63, 3.8) is 0 Å². The molecule has 0 bridgehead atoms. The summed E-state index contributed by atoms with van der Waals surface area (Å²) in [5.41, 5.74) is 0.722. The summed E-state index contributed by atoms with van der Waals surface area (Å²) >= 11 is 6.02. The van der Waals surface area contributed by atoms with Crippen LogP contribution in [0.2, 0.25) is 5.02 Å². The Balaban J connectivity index is 1.56. The summed E-state index contributed by atoms with van der Waals surface area (Å²) in [6.45, 7) is 0. The molecule has 1 fully saturated rings. The van der Waals surface area contributed by atoms with E-state index in [0.717, 1.165) is 38.2 Å². The molecule has 2 aliphatic rings. The van der Waals surface area contributed by atoms with Gasteiger partial charge >= 0.3 is 0 Å². The van der Waals surface area contributed by atoms with Crippen LogP contribution in [0.1, 0.15) is 63.2 Å². The van der Waals surface area contributed by atoms with Gasteiger partial charge in [-0.2, -0.15) is 0 Å².